The Labute approximate surface area is 521 Å². The van der Waals surface area contributed by atoms with Crippen molar-refractivity contribution < 1.29 is 29.1 Å². The third kappa shape index (κ3) is 16.6. The Morgan fingerprint density at radius 2 is 1.55 bits per heavy atom. The van der Waals surface area contributed by atoms with Gasteiger partial charge in [-0.25, -0.2) is 4.98 Å². The lowest BCUT2D eigenvalue weighted by Crippen LogP contribution is -2.52. The summed E-state index contributed by atoms with van der Waals surface area (Å²) < 4.78 is 14.4. The number of hydrogen-bond acceptors (Lipinski definition) is 17. The second kappa shape index (κ2) is 30.9. The Kier molecular flexibility index (Phi) is 22.9. The van der Waals surface area contributed by atoms with Crippen LogP contribution in [-0.2, 0) is 23.2 Å². The summed E-state index contributed by atoms with van der Waals surface area (Å²) in [6, 6.07) is 22.4. The monoisotopic (exact) mass is 1210 g/mol. The fourth-order valence-corrected chi connectivity index (χ4v) is 14.0. The molecule has 3 unspecified atom stereocenters. The Balaban J connectivity index is 0.00000456. The van der Waals surface area contributed by atoms with Crippen LogP contribution in [0.4, 0.5) is 5.82 Å². The van der Waals surface area contributed by atoms with Crippen LogP contribution in [-0.4, -0.2) is 159 Å². The van der Waals surface area contributed by atoms with E-state index in [4.69, 9.17) is 31.6 Å². The van der Waals surface area contributed by atoms with Gasteiger partial charge in [-0.3, -0.25) is 14.3 Å². The van der Waals surface area contributed by atoms with Crippen molar-refractivity contribution in [1.29, 1.82) is 0 Å². The number of piperidine rings is 3. The smallest absolute Gasteiger partial charge is 0.243 e. The number of likely N-dealkylation sites (tertiary alicyclic amines) is 3. The zero-order valence-corrected chi connectivity index (χ0v) is 53.2. The summed E-state index contributed by atoms with van der Waals surface area (Å²) in [7, 11) is 2.92. The summed E-state index contributed by atoms with van der Waals surface area (Å²) in [6.07, 6.45) is 18.5. The van der Waals surface area contributed by atoms with Crippen molar-refractivity contribution in [2.24, 2.45) is 47.4 Å². The normalized spacial score (nSPS) is 19.5. The molecule has 4 aliphatic heterocycles. The number of nitrogens with two attached hydrogens (primary N) is 3. The van der Waals surface area contributed by atoms with E-state index in [1.807, 2.05) is 81.2 Å². The predicted octanol–water partition coefficient (Wildman–Crippen LogP) is 7.92. The summed E-state index contributed by atoms with van der Waals surface area (Å²) >= 11 is 0. The van der Waals surface area contributed by atoms with E-state index in [1.165, 1.54) is 45.3 Å². The Morgan fingerprint density at radius 1 is 0.852 bits per heavy atom. The average molecular weight is 1210 g/mol. The van der Waals surface area contributed by atoms with Crippen LogP contribution >= 0.6 is 0 Å². The van der Waals surface area contributed by atoms with Gasteiger partial charge < -0.3 is 71.8 Å². The van der Waals surface area contributed by atoms with Gasteiger partial charge in [-0.15, -0.1) is 0 Å². The second-order valence-electron chi connectivity index (χ2n) is 25.8. The first-order valence-corrected chi connectivity index (χ1v) is 32.5. The number of pyridine rings is 1. The van der Waals surface area contributed by atoms with Crippen molar-refractivity contribution in [3.63, 3.8) is 0 Å². The zero-order chi connectivity index (χ0) is 62.3. The van der Waals surface area contributed by atoms with Crippen LogP contribution in [0.5, 0.6) is 11.6 Å². The predicted molar refractivity (Wildman–Crippen MR) is 346 cm³/mol. The molecule has 0 radical (unpaired) electrons. The third-order valence-corrected chi connectivity index (χ3v) is 19.3. The maximum Gasteiger partial charge on any atom is 0.243 e. The minimum atomic E-state index is -0.528. The maximum atomic E-state index is 14.4. The summed E-state index contributed by atoms with van der Waals surface area (Å²) in [5, 5.41) is 33.1. The van der Waals surface area contributed by atoms with E-state index in [0.717, 1.165) is 132 Å². The minimum Gasteiger partial charge on any atom is -0.507 e. The highest BCUT2D eigenvalue weighted by Crippen LogP contribution is 2.50. The van der Waals surface area contributed by atoms with Gasteiger partial charge in [0.05, 0.1) is 17.4 Å². The number of aryl methyl sites for hydroxylation is 1. The van der Waals surface area contributed by atoms with E-state index in [2.05, 4.69) is 64.5 Å². The number of aromatic hydroxyl groups is 1. The molecule has 10 N–H and O–H groups in total. The number of aliphatic hydroxyl groups excluding tert-OH is 1. The van der Waals surface area contributed by atoms with Crippen LogP contribution < -0.4 is 37.5 Å². The van der Waals surface area contributed by atoms with Gasteiger partial charge in [-0.05, 0) is 180 Å². The molecule has 5 aromatic rings. The van der Waals surface area contributed by atoms with Gasteiger partial charge in [0.2, 0.25) is 17.7 Å². The standard InChI is InChI=1S/C67H96N14O5.CH4O/c1-6-7-26-71-29-37-80(58(64(69)70)39-55(68)54-11-8-9-13-59(54)82)45-50-18-27-72-62(38-50)85-53-41-67(42-53)24-35-78(36-25-67)44-48-20-31-77(32-21-48)43-49-22-33-79(34-23-49)61-40-60(86-75-61)63(46(2)3)66(84)81-30-10-12-57(81)65(83)74-47(4)51-14-16-52(17-15-51)56-19-28-73-76(56)5;1-2/h8-9,11,13-19,27-28,38-40,46-49,53,57,63,71,82H,6-7,10,12,20-26,29-37,41-45,68-70H2,1-5H3,(H,74,83);2H,1H3/b55-39-;. The maximum absolute atomic E-state index is 14.4. The number of carbonyl (C=O) groups is 2. The number of allylic oxidation sites excluding steroid dienone is 1. The van der Waals surface area contributed by atoms with Crippen molar-refractivity contribution in [2.75, 3.05) is 90.5 Å². The van der Waals surface area contributed by atoms with E-state index in [1.54, 1.807) is 35.4 Å². The number of para-hydroxylation sites is 1. The molecule has 4 saturated heterocycles. The molecule has 7 heterocycles. The van der Waals surface area contributed by atoms with Gasteiger partial charge in [-0.1, -0.05) is 68.7 Å². The summed E-state index contributed by atoms with van der Waals surface area (Å²) in [6.45, 7) is 20.5. The Bertz CT molecular complexity index is 3070. The molecule has 1 spiro atoms. The molecule has 478 valence electrons. The first-order chi connectivity index (χ1) is 42.6. The number of aliphatic hydroxyl groups is 1. The summed E-state index contributed by atoms with van der Waals surface area (Å²) in [5.41, 5.74) is 25.2. The fourth-order valence-electron chi connectivity index (χ4n) is 14.0. The minimum absolute atomic E-state index is 0.0346. The van der Waals surface area contributed by atoms with Gasteiger partial charge in [0, 0.05) is 102 Å². The number of carbonyl (C=O) groups excluding carboxylic acids is 2. The highest BCUT2D eigenvalue weighted by atomic mass is 16.5. The molecular weight excluding hydrogens is 1110 g/mol. The number of phenols is 1. The number of nitrogens with one attached hydrogen (secondary N) is 2. The van der Waals surface area contributed by atoms with Crippen LogP contribution in [0.25, 0.3) is 17.0 Å². The summed E-state index contributed by atoms with van der Waals surface area (Å²) in [4.78, 5) is 44.5. The number of rotatable bonds is 25. The molecule has 1 aliphatic carbocycles. The third-order valence-electron chi connectivity index (χ3n) is 19.3. The van der Waals surface area contributed by atoms with Crippen LogP contribution in [0, 0.1) is 23.2 Å². The molecule has 20 heteroatoms. The van der Waals surface area contributed by atoms with Gasteiger partial charge in [0.25, 0.3) is 0 Å². The number of nitrogens with zero attached hydrogens (tertiary/aromatic N) is 9. The van der Waals surface area contributed by atoms with Gasteiger partial charge in [0.15, 0.2) is 11.6 Å². The Hall–Kier alpha value is -7.13. The van der Waals surface area contributed by atoms with E-state index >= 15 is 0 Å². The Morgan fingerprint density at radius 3 is 2.20 bits per heavy atom. The number of ether oxygens (including phenoxy) is 1. The molecule has 0 bridgehead atoms. The molecule has 2 amide bonds. The van der Waals surface area contributed by atoms with E-state index in [9.17, 15) is 14.7 Å². The van der Waals surface area contributed by atoms with Gasteiger partial charge >= 0.3 is 0 Å². The number of hydrogen-bond donors (Lipinski definition) is 7. The molecule has 2 aromatic carbocycles. The molecule has 3 atom stereocenters. The molecule has 20 nitrogen and oxygen atoms in total. The summed E-state index contributed by atoms with van der Waals surface area (Å²) in [5.74, 6) is 2.91. The fraction of sp³-hybridized carbons (Fsp3) is 0.574. The molecule has 5 fully saturated rings. The van der Waals surface area contributed by atoms with E-state index < -0.39 is 12.0 Å². The highest BCUT2D eigenvalue weighted by molar-refractivity contribution is 5.91. The number of unbranched alkanes of at least 4 members (excludes halogenated alkanes) is 1. The molecule has 5 aliphatic rings. The number of benzene rings is 2. The van der Waals surface area contributed by atoms with Crippen LogP contribution in [0.3, 0.4) is 0 Å². The largest absolute Gasteiger partial charge is 0.507 e. The van der Waals surface area contributed by atoms with Gasteiger partial charge in [-0.2, -0.15) is 5.10 Å². The first-order valence-electron chi connectivity index (χ1n) is 32.5. The topological polar surface area (TPSA) is 259 Å². The van der Waals surface area contributed by atoms with Crippen LogP contribution in [0.15, 0.2) is 107 Å². The van der Waals surface area contributed by atoms with Gasteiger partial charge in [0.1, 0.15) is 29.6 Å². The van der Waals surface area contributed by atoms with Crippen molar-refractivity contribution in [2.45, 2.75) is 135 Å². The number of phenolic OH excluding ortho intramolecular Hbond substituents is 1. The second-order valence-corrected chi connectivity index (χ2v) is 25.8. The number of anilines is 1. The molecule has 3 aromatic heterocycles. The quantitative estimate of drug-likeness (QED) is 0.0216. The lowest BCUT2D eigenvalue weighted by molar-refractivity contribution is -0.141. The first kappa shape index (κ1) is 65.3. The SMILES string of the molecule is CCCCNCCN(Cc1ccnc(OC2CC3(CCN(CC4CCN(CC5CCN(c6cc(C(C(=O)N7CCCC7C(=O)NC(C)c7ccc(-c8ccnn8C)cc7)C(C)C)on6)CC5)CC4)CC3)C2)c1)C(/C=C(\N)c1ccccc1O)=C(N)N.CO. The zero-order valence-electron chi connectivity index (χ0n) is 53.2. The molecule has 1 saturated carbocycles. The number of amides is 2. The lowest BCUT2D eigenvalue weighted by Gasteiger charge is -2.52. The van der Waals surface area contributed by atoms with Crippen molar-refractivity contribution in [3.05, 3.63) is 125 Å². The van der Waals surface area contributed by atoms with Crippen molar-refractivity contribution in [1.82, 2.24) is 50.2 Å². The molecule has 10 rings (SSSR count). The van der Waals surface area contributed by atoms with Crippen molar-refractivity contribution >= 4 is 23.3 Å². The molecule has 88 heavy (non-hydrogen) atoms. The van der Waals surface area contributed by atoms with Crippen LogP contribution in [0.2, 0.25) is 0 Å². The number of aromatic nitrogens is 4. The highest BCUT2D eigenvalue weighted by Gasteiger charge is 2.47. The van der Waals surface area contributed by atoms with E-state index in [0.29, 0.717) is 66.0 Å². The van der Waals surface area contributed by atoms with E-state index in [-0.39, 0.29) is 41.4 Å². The average Bonchev–Trinajstić information content (AvgIpc) is 3.47. The van der Waals surface area contributed by atoms with Crippen molar-refractivity contribution in [3.8, 4) is 22.9 Å². The molecular formula is C68H100N14O6. The lowest BCUT2D eigenvalue weighted by atomic mass is 9.61. The van der Waals surface area contributed by atoms with Crippen LogP contribution in [0.1, 0.15) is 139 Å².